The third-order valence-electron chi connectivity index (χ3n) is 7.36. The van der Waals surface area contributed by atoms with E-state index in [4.69, 9.17) is 10.5 Å². The summed E-state index contributed by atoms with van der Waals surface area (Å²) in [7, 11) is 0. The second kappa shape index (κ2) is 6.55. The van der Waals surface area contributed by atoms with Gasteiger partial charge in [0.25, 0.3) is 0 Å². The second-order valence-electron chi connectivity index (χ2n) is 9.56. The first-order valence-corrected chi connectivity index (χ1v) is 11.1. The number of aromatic amines is 1. The minimum atomic E-state index is -0.285. The van der Waals surface area contributed by atoms with E-state index in [1.807, 2.05) is 18.2 Å². The van der Waals surface area contributed by atoms with Crippen molar-refractivity contribution < 1.29 is 9.53 Å². The Morgan fingerprint density at radius 2 is 2.00 bits per heavy atom. The van der Waals surface area contributed by atoms with Gasteiger partial charge in [0, 0.05) is 46.4 Å². The van der Waals surface area contributed by atoms with Crippen LogP contribution in [0.3, 0.4) is 0 Å². The van der Waals surface area contributed by atoms with Gasteiger partial charge < -0.3 is 15.5 Å². The lowest BCUT2D eigenvalue weighted by atomic mass is 9.70. The quantitative estimate of drug-likeness (QED) is 0.621. The molecule has 1 aromatic heterocycles. The Morgan fingerprint density at radius 1 is 1.16 bits per heavy atom. The molecular formula is C26H27N3O2. The summed E-state index contributed by atoms with van der Waals surface area (Å²) in [5.74, 6) is 0.104. The minimum absolute atomic E-state index is 0.104. The Bertz CT molecular complexity index is 1260. The summed E-state index contributed by atoms with van der Waals surface area (Å²) < 4.78 is 5.34. The molecule has 0 spiro atoms. The van der Waals surface area contributed by atoms with Crippen LogP contribution in [0.25, 0.3) is 16.5 Å². The van der Waals surface area contributed by atoms with E-state index in [-0.39, 0.29) is 11.2 Å². The first-order valence-electron chi connectivity index (χ1n) is 11.1. The van der Waals surface area contributed by atoms with Crippen LogP contribution in [0.4, 0.5) is 5.69 Å². The van der Waals surface area contributed by atoms with E-state index in [0.29, 0.717) is 11.7 Å². The maximum absolute atomic E-state index is 13.7. The minimum Gasteiger partial charge on any atom is -0.399 e. The van der Waals surface area contributed by atoms with Gasteiger partial charge in [0.1, 0.15) is 0 Å². The van der Waals surface area contributed by atoms with Crippen molar-refractivity contribution >= 4 is 27.9 Å². The van der Waals surface area contributed by atoms with E-state index >= 15 is 0 Å². The molecule has 0 unspecified atom stereocenters. The van der Waals surface area contributed by atoms with Crippen molar-refractivity contribution in [2.24, 2.45) is 0 Å². The number of ether oxygens (including phenoxy) is 1. The van der Waals surface area contributed by atoms with Gasteiger partial charge >= 0.3 is 0 Å². The molecule has 0 amide bonds. The summed E-state index contributed by atoms with van der Waals surface area (Å²) in [6.07, 6.45) is 3.33. The standard InChI is InChI=1S/C26H27N3O2/c1-26(2)21-6-3-16(15-7-9-29(10-8-15)18-13-31-14-18)11-20(21)24(30)23-19-5-4-17(27)12-22(19)28-25(23)26/h3-7,11-12,18,28H,8-10,13-14,27H2,1-2H3. The van der Waals surface area contributed by atoms with Gasteiger partial charge in [-0.15, -0.1) is 0 Å². The van der Waals surface area contributed by atoms with E-state index in [2.05, 4.69) is 48.0 Å². The van der Waals surface area contributed by atoms with E-state index in [1.165, 1.54) is 11.1 Å². The fourth-order valence-corrected chi connectivity index (χ4v) is 5.38. The van der Waals surface area contributed by atoms with Gasteiger partial charge in [0.05, 0.1) is 24.8 Å². The molecule has 2 aromatic carbocycles. The number of nitrogens with two attached hydrogens (primary N) is 1. The molecule has 6 rings (SSSR count). The predicted molar refractivity (Wildman–Crippen MR) is 123 cm³/mol. The van der Waals surface area contributed by atoms with Crippen LogP contribution in [0.5, 0.6) is 0 Å². The molecule has 1 saturated heterocycles. The summed E-state index contributed by atoms with van der Waals surface area (Å²) in [5.41, 5.74) is 13.5. The lowest BCUT2D eigenvalue weighted by Gasteiger charge is -2.39. The fourth-order valence-electron chi connectivity index (χ4n) is 5.38. The number of H-pyrrole nitrogens is 1. The number of nitrogens with zero attached hydrogens (tertiary/aromatic N) is 1. The number of aromatic nitrogens is 1. The van der Waals surface area contributed by atoms with Crippen LogP contribution in [-0.2, 0) is 10.2 Å². The van der Waals surface area contributed by atoms with Gasteiger partial charge in [-0.1, -0.05) is 38.1 Å². The lowest BCUT2D eigenvalue weighted by Crippen LogP contribution is -2.50. The normalized spacial score (nSPS) is 20.8. The Labute approximate surface area is 181 Å². The van der Waals surface area contributed by atoms with E-state index < -0.39 is 0 Å². The van der Waals surface area contributed by atoms with E-state index in [0.717, 1.165) is 66.0 Å². The average molecular weight is 414 g/mol. The zero-order valence-electron chi connectivity index (χ0n) is 18.0. The number of nitrogens with one attached hydrogen (secondary N) is 1. The van der Waals surface area contributed by atoms with Crippen LogP contribution in [0.15, 0.2) is 42.5 Å². The summed E-state index contributed by atoms with van der Waals surface area (Å²) in [5, 5.41) is 0.952. The number of carbonyl (C=O) groups excluding carboxylic acids is 1. The van der Waals surface area contributed by atoms with E-state index in [1.54, 1.807) is 0 Å². The Kier molecular flexibility index (Phi) is 3.98. The Hall–Kier alpha value is -2.89. The van der Waals surface area contributed by atoms with Crippen LogP contribution < -0.4 is 5.73 Å². The number of anilines is 1. The monoisotopic (exact) mass is 413 g/mol. The highest BCUT2D eigenvalue weighted by Gasteiger charge is 2.39. The first kappa shape index (κ1) is 18.8. The number of rotatable bonds is 2. The molecule has 3 aliphatic rings. The molecule has 3 N–H and O–H groups in total. The van der Waals surface area contributed by atoms with Crippen molar-refractivity contribution in [3.05, 3.63) is 70.4 Å². The average Bonchev–Trinajstić information content (AvgIpc) is 3.11. The highest BCUT2D eigenvalue weighted by Crippen LogP contribution is 2.44. The maximum Gasteiger partial charge on any atom is 0.195 e. The molecule has 0 saturated carbocycles. The molecule has 158 valence electrons. The topological polar surface area (TPSA) is 71.3 Å². The van der Waals surface area contributed by atoms with Crippen LogP contribution in [-0.4, -0.2) is 48.0 Å². The largest absolute Gasteiger partial charge is 0.399 e. The van der Waals surface area contributed by atoms with Crippen molar-refractivity contribution in [3.8, 4) is 0 Å². The molecular weight excluding hydrogens is 386 g/mol. The molecule has 0 atom stereocenters. The summed E-state index contributed by atoms with van der Waals surface area (Å²) in [6.45, 7) is 8.08. The zero-order chi connectivity index (χ0) is 21.3. The van der Waals surface area contributed by atoms with Crippen LogP contribution in [0.1, 0.15) is 53.0 Å². The third-order valence-corrected chi connectivity index (χ3v) is 7.36. The van der Waals surface area contributed by atoms with Gasteiger partial charge in [-0.2, -0.15) is 0 Å². The van der Waals surface area contributed by atoms with Crippen LogP contribution >= 0.6 is 0 Å². The smallest absolute Gasteiger partial charge is 0.195 e. The number of ketones is 1. The molecule has 0 bridgehead atoms. The molecule has 1 fully saturated rings. The van der Waals surface area contributed by atoms with Gasteiger partial charge in [-0.3, -0.25) is 9.69 Å². The van der Waals surface area contributed by atoms with Crippen LogP contribution in [0.2, 0.25) is 0 Å². The summed E-state index contributed by atoms with van der Waals surface area (Å²) >= 11 is 0. The number of nitrogen functional groups attached to an aromatic ring is 1. The molecule has 5 nitrogen and oxygen atoms in total. The lowest BCUT2D eigenvalue weighted by molar-refractivity contribution is -0.0612. The molecule has 3 heterocycles. The second-order valence-corrected chi connectivity index (χ2v) is 9.56. The number of fused-ring (bicyclic) bond motifs is 4. The van der Waals surface area contributed by atoms with Crippen molar-refractivity contribution in [1.82, 2.24) is 9.88 Å². The van der Waals surface area contributed by atoms with Gasteiger partial charge in [0.2, 0.25) is 0 Å². The highest BCUT2D eigenvalue weighted by molar-refractivity contribution is 6.20. The maximum atomic E-state index is 13.7. The van der Waals surface area contributed by atoms with Crippen LogP contribution in [0, 0.1) is 0 Å². The molecule has 2 aliphatic heterocycles. The van der Waals surface area contributed by atoms with Gasteiger partial charge in [-0.05, 0) is 41.3 Å². The number of hydrogen-bond acceptors (Lipinski definition) is 4. The van der Waals surface area contributed by atoms with Crippen molar-refractivity contribution in [2.45, 2.75) is 31.7 Å². The predicted octanol–water partition coefficient (Wildman–Crippen LogP) is 4.11. The SMILES string of the molecule is CC1(C)c2ccc(C3=CCN(C4COC4)CC3)cc2C(=O)c2c1[nH]c1cc(N)ccc21. The number of benzene rings is 2. The number of hydrogen-bond donors (Lipinski definition) is 2. The summed E-state index contributed by atoms with van der Waals surface area (Å²) in [6, 6.07) is 12.8. The van der Waals surface area contributed by atoms with Crippen molar-refractivity contribution in [3.63, 3.8) is 0 Å². The molecule has 31 heavy (non-hydrogen) atoms. The summed E-state index contributed by atoms with van der Waals surface area (Å²) in [4.78, 5) is 19.7. The Balaban J connectivity index is 1.42. The highest BCUT2D eigenvalue weighted by atomic mass is 16.5. The molecule has 5 heteroatoms. The first-order chi connectivity index (χ1) is 14.9. The van der Waals surface area contributed by atoms with E-state index in [9.17, 15) is 4.79 Å². The molecule has 1 aliphatic carbocycles. The fraction of sp³-hybridized carbons (Fsp3) is 0.346. The van der Waals surface area contributed by atoms with Crippen molar-refractivity contribution in [1.29, 1.82) is 0 Å². The molecule has 3 aromatic rings. The zero-order valence-corrected chi connectivity index (χ0v) is 18.0. The van der Waals surface area contributed by atoms with Crippen molar-refractivity contribution in [2.75, 3.05) is 32.0 Å². The van der Waals surface area contributed by atoms with Gasteiger partial charge in [-0.25, -0.2) is 0 Å². The van der Waals surface area contributed by atoms with Gasteiger partial charge in [0.15, 0.2) is 5.78 Å². The third kappa shape index (κ3) is 2.73. The Morgan fingerprint density at radius 3 is 2.71 bits per heavy atom. The number of carbonyl (C=O) groups is 1. The molecule has 0 radical (unpaired) electrons.